The number of guanidine groups is 1. The summed E-state index contributed by atoms with van der Waals surface area (Å²) in [4.78, 5) is 129. The Morgan fingerprint density at radius 2 is 1.04 bits per heavy atom. The first-order valence-corrected chi connectivity index (χ1v) is 25.3. The number of H-pyrrole nitrogens is 1. The first-order valence-electron chi connectivity index (χ1n) is 25.3. The van der Waals surface area contributed by atoms with Gasteiger partial charge in [0, 0.05) is 49.8 Å². The lowest BCUT2D eigenvalue weighted by Crippen LogP contribution is -2.61. The molecule has 1 aromatic heterocycles. The average molecular weight is 1050 g/mol. The number of carboxylic acid groups (broad SMARTS) is 1. The van der Waals surface area contributed by atoms with Gasteiger partial charge in [0.25, 0.3) is 0 Å². The minimum Gasteiger partial charge on any atom is -0.480 e. The number of fused-ring (bicyclic) bond motifs is 1. The number of benzene rings is 3. The molecule has 76 heavy (non-hydrogen) atoms. The second-order valence-electron chi connectivity index (χ2n) is 18.6. The molecule has 0 radical (unpaired) electrons. The number of nitrogens with one attached hydrogen (secondary N) is 8. The number of nitrogens with zero attached hydrogens (tertiary/aromatic N) is 1. The largest absolute Gasteiger partial charge is 0.480 e. The summed E-state index contributed by atoms with van der Waals surface area (Å²) in [6.07, 6.45) is 2.21. The van der Waals surface area contributed by atoms with Crippen LogP contribution in [-0.4, -0.2) is 125 Å². The van der Waals surface area contributed by atoms with Crippen molar-refractivity contribution in [3.63, 3.8) is 0 Å². The number of carbonyl (C=O) groups excluding carboxylic acids is 8. The highest BCUT2D eigenvalue weighted by molar-refractivity contribution is 5.98. The summed E-state index contributed by atoms with van der Waals surface area (Å²) in [6.45, 7) is 4.94. The van der Waals surface area contributed by atoms with Crippen molar-refractivity contribution in [1.82, 2.24) is 42.2 Å². The number of para-hydroxylation sites is 1. The number of unbranched alkanes of at least 4 members (excludes halogenated alkanes) is 1. The zero-order chi connectivity index (χ0) is 55.7. The zero-order valence-electron chi connectivity index (χ0n) is 43.1. The highest BCUT2D eigenvalue weighted by Crippen LogP contribution is 2.20. The summed E-state index contributed by atoms with van der Waals surface area (Å²) in [5.41, 5.74) is 25.1. The van der Waals surface area contributed by atoms with Gasteiger partial charge in [0.1, 0.15) is 42.3 Å². The third-order valence-corrected chi connectivity index (χ3v) is 12.6. The molecule has 0 aliphatic carbocycles. The molecule has 4 aromatic rings. The molecular weight excluding hydrogens is 979 g/mol. The van der Waals surface area contributed by atoms with Gasteiger partial charge in [-0.3, -0.25) is 43.3 Å². The van der Waals surface area contributed by atoms with E-state index in [2.05, 4.69) is 47.2 Å². The number of amides is 8. The van der Waals surface area contributed by atoms with Gasteiger partial charge in [-0.1, -0.05) is 99.1 Å². The van der Waals surface area contributed by atoms with Crippen molar-refractivity contribution in [2.45, 2.75) is 127 Å². The van der Waals surface area contributed by atoms with Crippen LogP contribution in [0.5, 0.6) is 0 Å². The monoisotopic (exact) mass is 1050 g/mol. The number of aromatic amines is 1. The van der Waals surface area contributed by atoms with E-state index < -0.39 is 108 Å². The van der Waals surface area contributed by atoms with Crippen LogP contribution in [0.1, 0.15) is 82.4 Å². The number of carboxylic acids is 1. The number of aliphatic carboxylic acids is 1. The molecule has 8 atom stereocenters. The number of hydrogen-bond acceptors (Lipinski definition) is 11. The first kappa shape index (κ1) is 60.2. The van der Waals surface area contributed by atoms with Gasteiger partial charge in [-0.25, -0.2) is 4.79 Å². The van der Waals surface area contributed by atoms with E-state index in [0.717, 1.165) is 16.5 Å². The molecule has 0 aliphatic heterocycles. The van der Waals surface area contributed by atoms with E-state index in [1.807, 2.05) is 24.3 Å². The molecule has 23 nitrogen and oxygen atoms in total. The lowest BCUT2D eigenvalue weighted by atomic mass is 9.98. The lowest BCUT2D eigenvalue weighted by molar-refractivity contribution is -0.144. The minimum absolute atomic E-state index is 0.0101. The Kier molecular flexibility index (Phi) is 24.4. The van der Waals surface area contributed by atoms with Gasteiger partial charge in [0.05, 0.1) is 6.42 Å². The van der Waals surface area contributed by atoms with Crippen LogP contribution in [0.2, 0.25) is 0 Å². The van der Waals surface area contributed by atoms with Crippen molar-refractivity contribution in [2.24, 2.45) is 33.8 Å². The molecule has 8 amide bonds. The van der Waals surface area contributed by atoms with Gasteiger partial charge in [-0.2, -0.15) is 0 Å². The van der Waals surface area contributed by atoms with Crippen LogP contribution in [0.3, 0.4) is 0 Å². The van der Waals surface area contributed by atoms with Crippen LogP contribution in [0.4, 0.5) is 0 Å². The van der Waals surface area contributed by atoms with Gasteiger partial charge in [0.2, 0.25) is 47.3 Å². The predicted molar refractivity (Wildman–Crippen MR) is 285 cm³/mol. The van der Waals surface area contributed by atoms with Crippen LogP contribution in [0.25, 0.3) is 10.9 Å². The number of nitrogens with two attached hydrogens (primary N) is 4. The lowest BCUT2D eigenvalue weighted by Gasteiger charge is -2.28. The topological polar surface area (TPSA) is 390 Å². The molecule has 0 saturated heterocycles. The van der Waals surface area contributed by atoms with Crippen molar-refractivity contribution in [3.05, 3.63) is 108 Å². The van der Waals surface area contributed by atoms with Crippen LogP contribution in [0.15, 0.2) is 96.1 Å². The molecule has 0 saturated carbocycles. The first-order chi connectivity index (χ1) is 36.3. The predicted octanol–water partition coefficient (Wildman–Crippen LogP) is -0.202. The Labute approximate surface area is 441 Å². The van der Waals surface area contributed by atoms with Gasteiger partial charge in [-0.05, 0) is 67.3 Å². The molecule has 410 valence electrons. The third kappa shape index (κ3) is 19.8. The smallest absolute Gasteiger partial charge is 0.326 e. The standard InChI is InChI=1S/C53H73N13O10/c1-4-31(2)45(52(75)76)66-51(74)43(29-44(55)68)65-46(69)38(22-13-14-24-54)61-48(71)40(26-33-16-7-5-8-17-33)64-49(72)41(27-34-18-9-6-10-19-34)63-47(70)39(23-15-25-58-53(56)57)62-50(73)42(60-32(3)67)28-35-30-59-37-21-12-11-20-36(35)37/h5-12,16-21,30-31,38-43,45,59H,4,13-15,22-29,54H2,1-3H3,(H2,55,68)(H,60,67)(H,61,71)(H,62,73)(H,63,70)(H,64,72)(H,65,69)(H,66,74)(H,75,76)(H4,56,57,58)/t31-,38-,39-,40-,41-,42-,43-,45-/m0/s1. The second kappa shape index (κ2) is 30.8. The molecular formula is C53H73N13O10. The molecule has 0 unspecified atom stereocenters. The molecule has 17 N–H and O–H groups in total. The van der Waals surface area contributed by atoms with Gasteiger partial charge < -0.3 is 70.2 Å². The van der Waals surface area contributed by atoms with Crippen molar-refractivity contribution in [1.29, 1.82) is 0 Å². The van der Waals surface area contributed by atoms with E-state index in [0.29, 0.717) is 30.4 Å². The maximum atomic E-state index is 14.7. The Morgan fingerprint density at radius 3 is 1.53 bits per heavy atom. The third-order valence-electron chi connectivity index (χ3n) is 12.6. The van der Waals surface area contributed by atoms with E-state index in [4.69, 9.17) is 22.9 Å². The molecule has 1 heterocycles. The molecule has 0 spiro atoms. The fourth-order valence-corrected chi connectivity index (χ4v) is 8.34. The van der Waals surface area contributed by atoms with E-state index >= 15 is 0 Å². The van der Waals surface area contributed by atoms with Crippen LogP contribution in [-0.2, 0) is 62.4 Å². The minimum atomic E-state index is -1.62. The average Bonchev–Trinajstić information content (AvgIpc) is 3.79. The van der Waals surface area contributed by atoms with Crippen LogP contribution < -0.4 is 60.2 Å². The second-order valence-corrected chi connectivity index (χ2v) is 18.6. The fraction of sp³-hybridized carbons (Fsp3) is 0.434. The fourth-order valence-electron chi connectivity index (χ4n) is 8.34. The summed E-state index contributed by atoms with van der Waals surface area (Å²) in [7, 11) is 0. The van der Waals surface area contributed by atoms with Crippen molar-refractivity contribution in [3.8, 4) is 0 Å². The van der Waals surface area contributed by atoms with Crippen molar-refractivity contribution in [2.75, 3.05) is 13.1 Å². The number of primary amides is 1. The summed E-state index contributed by atoms with van der Waals surface area (Å²) in [6, 6.07) is 15.3. The SMILES string of the molecule is CC[C@H](C)[C@H](NC(=O)[C@H](CC(N)=O)NC(=O)[C@H](CCCCN)NC(=O)[C@H](Cc1ccccc1)NC(=O)[C@H](Cc1ccccc1)NC(=O)[C@H](CCCN=C(N)N)NC(=O)[C@H](Cc1c[nH]c2ccccc12)NC(C)=O)C(=O)O. The van der Waals surface area contributed by atoms with Gasteiger partial charge in [0.15, 0.2) is 5.96 Å². The molecule has 3 aromatic carbocycles. The molecule has 23 heteroatoms. The van der Waals surface area contributed by atoms with E-state index in [9.17, 15) is 48.3 Å². The normalized spacial score (nSPS) is 14.2. The van der Waals surface area contributed by atoms with Gasteiger partial charge in [-0.15, -0.1) is 0 Å². The Hall–Kier alpha value is -8.34. The highest BCUT2D eigenvalue weighted by atomic mass is 16.4. The van der Waals surface area contributed by atoms with Gasteiger partial charge >= 0.3 is 5.97 Å². The maximum Gasteiger partial charge on any atom is 0.326 e. The summed E-state index contributed by atoms with van der Waals surface area (Å²) in [5.74, 6) is -8.51. The Bertz CT molecular complexity index is 2630. The van der Waals surface area contributed by atoms with Crippen LogP contribution >= 0.6 is 0 Å². The summed E-state index contributed by atoms with van der Waals surface area (Å²) < 4.78 is 0. The summed E-state index contributed by atoms with van der Waals surface area (Å²) in [5, 5.41) is 29.2. The summed E-state index contributed by atoms with van der Waals surface area (Å²) >= 11 is 0. The van der Waals surface area contributed by atoms with E-state index in [1.165, 1.54) is 6.92 Å². The van der Waals surface area contributed by atoms with Crippen molar-refractivity contribution >= 4 is 70.1 Å². The maximum absolute atomic E-state index is 14.7. The molecule has 0 bridgehead atoms. The van der Waals surface area contributed by atoms with E-state index in [-0.39, 0.29) is 57.6 Å². The molecule has 0 aliphatic rings. The van der Waals surface area contributed by atoms with Crippen LogP contribution in [0, 0.1) is 5.92 Å². The van der Waals surface area contributed by atoms with E-state index in [1.54, 1.807) is 80.7 Å². The molecule has 0 fully saturated rings. The Balaban J connectivity index is 1.66. The van der Waals surface area contributed by atoms with Crippen molar-refractivity contribution < 1.29 is 48.3 Å². The number of hydrogen-bond donors (Lipinski definition) is 13. The molecule has 4 rings (SSSR count). The quantitative estimate of drug-likeness (QED) is 0.0171. The zero-order valence-corrected chi connectivity index (χ0v) is 43.1. The number of aliphatic imine (C=N–C) groups is 1. The number of rotatable bonds is 32. The Morgan fingerprint density at radius 1 is 0.579 bits per heavy atom. The number of aromatic nitrogens is 1. The highest BCUT2D eigenvalue weighted by Gasteiger charge is 2.35. The number of carbonyl (C=O) groups is 9.